The number of hydrogen-bond donors (Lipinski definition) is 1. The Kier molecular flexibility index (Phi) is 4.65. The summed E-state index contributed by atoms with van der Waals surface area (Å²) < 4.78 is 5.83. The second-order valence-corrected chi connectivity index (χ2v) is 9.16. The molecular formula is C21H23N3O3S. The number of hydrogen-bond acceptors (Lipinski definition) is 6. The van der Waals surface area contributed by atoms with Crippen molar-refractivity contribution in [3.8, 4) is 11.3 Å². The molecule has 0 saturated carbocycles. The number of nitrogens with one attached hydrogen (secondary N) is 1. The number of rotatable bonds is 4. The zero-order valence-electron chi connectivity index (χ0n) is 16.5. The number of carbonyl (C=O) groups excluding carboxylic acids is 1. The summed E-state index contributed by atoms with van der Waals surface area (Å²) in [5.41, 5.74) is 1.62. The van der Waals surface area contributed by atoms with Crippen molar-refractivity contribution in [1.29, 1.82) is 0 Å². The summed E-state index contributed by atoms with van der Waals surface area (Å²) in [5, 5.41) is 0.872. The van der Waals surface area contributed by atoms with Gasteiger partial charge in [-0.15, -0.1) is 0 Å². The van der Waals surface area contributed by atoms with Crippen LogP contribution in [0.1, 0.15) is 55.4 Å². The maximum absolute atomic E-state index is 13.0. The molecule has 1 aliphatic rings. The Balaban J connectivity index is 2.06. The number of aryl methyl sites for hydroxylation is 1. The average molecular weight is 398 g/mol. The molecule has 1 aliphatic carbocycles. The fourth-order valence-electron chi connectivity index (χ4n) is 3.75. The van der Waals surface area contributed by atoms with Crippen molar-refractivity contribution in [2.75, 3.05) is 5.75 Å². The van der Waals surface area contributed by atoms with Gasteiger partial charge in [-0.2, -0.15) is 0 Å². The van der Waals surface area contributed by atoms with Crippen LogP contribution in [0.25, 0.3) is 22.4 Å². The molecule has 0 radical (unpaired) electrons. The second-order valence-electron chi connectivity index (χ2n) is 8.08. The SMILES string of the molecule is CCCSc1nc2nc3c(c(-c4ccc(C)o4)c2c(=O)[nH]1)C(=O)CC(C)(C)C3. The molecule has 3 heterocycles. The molecule has 3 aromatic heterocycles. The Hall–Kier alpha value is -2.41. The molecule has 28 heavy (non-hydrogen) atoms. The van der Waals surface area contributed by atoms with Gasteiger partial charge in [0.25, 0.3) is 5.56 Å². The van der Waals surface area contributed by atoms with Gasteiger partial charge in [-0.05, 0) is 37.3 Å². The third kappa shape index (κ3) is 3.28. The minimum absolute atomic E-state index is 0.00598. The molecule has 146 valence electrons. The number of carbonyl (C=O) groups is 1. The summed E-state index contributed by atoms with van der Waals surface area (Å²) in [6.45, 7) is 8.03. The second kappa shape index (κ2) is 6.88. The van der Waals surface area contributed by atoms with Crippen LogP contribution in [-0.4, -0.2) is 26.5 Å². The summed E-state index contributed by atoms with van der Waals surface area (Å²) >= 11 is 1.50. The highest BCUT2D eigenvalue weighted by atomic mass is 32.2. The first-order valence-electron chi connectivity index (χ1n) is 9.49. The number of aromatic amines is 1. The fraction of sp³-hybridized carbons (Fsp3) is 0.429. The van der Waals surface area contributed by atoms with Gasteiger partial charge < -0.3 is 9.40 Å². The number of thioether (sulfide) groups is 1. The lowest BCUT2D eigenvalue weighted by atomic mass is 9.74. The van der Waals surface area contributed by atoms with E-state index in [2.05, 4.69) is 35.7 Å². The van der Waals surface area contributed by atoms with Gasteiger partial charge in [0, 0.05) is 17.7 Å². The highest BCUT2D eigenvalue weighted by Crippen LogP contribution is 2.40. The first-order chi connectivity index (χ1) is 13.3. The molecule has 0 fully saturated rings. The molecule has 0 aliphatic heterocycles. The van der Waals surface area contributed by atoms with E-state index >= 15 is 0 Å². The van der Waals surface area contributed by atoms with Gasteiger partial charge in [0.2, 0.25) is 0 Å². The van der Waals surface area contributed by atoms with E-state index in [4.69, 9.17) is 4.42 Å². The number of pyridine rings is 1. The van der Waals surface area contributed by atoms with Crippen LogP contribution < -0.4 is 5.56 Å². The van der Waals surface area contributed by atoms with Crippen LogP contribution in [-0.2, 0) is 6.42 Å². The molecule has 1 N–H and O–H groups in total. The predicted molar refractivity (Wildman–Crippen MR) is 110 cm³/mol. The highest BCUT2D eigenvalue weighted by Gasteiger charge is 2.36. The van der Waals surface area contributed by atoms with E-state index in [-0.39, 0.29) is 16.8 Å². The van der Waals surface area contributed by atoms with Crippen LogP contribution in [0.4, 0.5) is 0 Å². The Morgan fingerprint density at radius 2 is 1.96 bits per heavy atom. The lowest BCUT2D eigenvalue weighted by Crippen LogP contribution is -2.29. The summed E-state index contributed by atoms with van der Waals surface area (Å²) in [6, 6.07) is 3.63. The normalized spacial score (nSPS) is 15.8. The van der Waals surface area contributed by atoms with Gasteiger partial charge in [-0.1, -0.05) is 32.5 Å². The van der Waals surface area contributed by atoms with E-state index in [0.717, 1.165) is 17.9 Å². The maximum atomic E-state index is 13.0. The topological polar surface area (TPSA) is 88.8 Å². The van der Waals surface area contributed by atoms with Crippen molar-refractivity contribution in [2.45, 2.75) is 52.1 Å². The van der Waals surface area contributed by atoms with Gasteiger partial charge in [0.05, 0.1) is 16.6 Å². The van der Waals surface area contributed by atoms with Crippen LogP contribution >= 0.6 is 11.8 Å². The number of H-pyrrole nitrogens is 1. The first kappa shape index (κ1) is 18.9. The quantitative estimate of drug-likeness (QED) is 0.513. The van der Waals surface area contributed by atoms with Crippen molar-refractivity contribution >= 4 is 28.6 Å². The van der Waals surface area contributed by atoms with E-state index < -0.39 is 0 Å². The van der Waals surface area contributed by atoms with Crippen LogP contribution in [0.5, 0.6) is 0 Å². The minimum Gasteiger partial charge on any atom is -0.461 e. The molecule has 7 heteroatoms. The Labute approximate surface area is 167 Å². The van der Waals surface area contributed by atoms with Crippen molar-refractivity contribution in [1.82, 2.24) is 15.0 Å². The van der Waals surface area contributed by atoms with E-state index in [1.165, 1.54) is 11.8 Å². The number of fused-ring (bicyclic) bond motifs is 2. The number of nitrogens with zero attached hydrogens (tertiary/aromatic N) is 2. The van der Waals surface area contributed by atoms with E-state index in [1.54, 1.807) is 6.07 Å². The molecule has 4 rings (SSSR count). The summed E-state index contributed by atoms with van der Waals surface area (Å²) in [5.74, 6) is 2.08. The summed E-state index contributed by atoms with van der Waals surface area (Å²) in [7, 11) is 0. The Morgan fingerprint density at radius 1 is 1.18 bits per heavy atom. The first-order valence-corrected chi connectivity index (χ1v) is 10.5. The third-order valence-corrected chi connectivity index (χ3v) is 5.98. The van der Waals surface area contributed by atoms with Gasteiger partial charge in [0.1, 0.15) is 11.5 Å². The molecule has 0 unspecified atom stereocenters. The minimum atomic E-state index is -0.291. The van der Waals surface area contributed by atoms with Gasteiger partial charge in [-0.3, -0.25) is 9.59 Å². The fourth-order valence-corrected chi connectivity index (χ4v) is 4.46. The molecule has 0 amide bonds. The zero-order valence-corrected chi connectivity index (χ0v) is 17.3. The van der Waals surface area contributed by atoms with Gasteiger partial charge in [0.15, 0.2) is 16.6 Å². The Morgan fingerprint density at radius 3 is 2.64 bits per heavy atom. The standard InChI is InChI=1S/C21H23N3O3S/c1-5-8-28-20-23-18-17(19(26)24-20)16(14-7-6-11(2)27-14)15-12(22-18)9-21(3,4)10-13(15)25/h6-7H,5,8-10H2,1-4H3,(H,22,23,24,26). The number of ketones is 1. The largest absolute Gasteiger partial charge is 0.461 e. The smallest absolute Gasteiger partial charge is 0.261 e. The van der Waals surface area contributed by atoms with E-state index in [0.29, 0.717) is 51.6 Å². The predicted octanol–water partition coefficient (Wildman–Crippen LogP) is 4.54. The van der Waals surface area contributed by atoms with Crippen molar-refractivity contribution in [3.05, 3.63) is 39.5 Å². The van der Waals surface area contributed by atoms with Crippen molar-refractivity contribution in [3.63, 3.8) is 0 Å². The van der Waals surface area contributed by atoms with Gasteiger partial charge in [-0.25, -0.2) is 9.97 Å². The summed E-state index contributed by atoms with van der Waals surface area (Å²) in [6.07, 6.45) is 2.04. The van der Waals surface area contributed by atoms with Crippen molar-refractivity contribution < 1.29 is 9.21 Å². The molecule has 0 aromatic carbocycles. The third-order valence-electron chi connectivity index (χ3n) is 4.90. The maximum Gasteiger partial charge on any atom is 0.261 e. The highest BCUT2D eigenvalue weighted by molar-refractivity contribution is 7.99. The van der Waals surface area contributed by atoms with Crippen molar-refractivity contribution in [2.24, 2.45) is 5.41 Å². The zero-order chi connectivity index (χ0) is 20.1. The van der Waals surface area contributed by atoms with Gasteiger partial charge >= 0.3 is 0 Å². The molecule has 0 saturated heterocycles. The van der Waals surface area contributed by atoms with Crippen LogP contribution in [0.2, 0.25) is 0 Å². The molecule has 0 spiro atoms. The number of furan rings is 1. The number of aromatic nitrogens is 3. The molecule has 0 bridgehead atoms. The van der Waals surface area contributed by atoms with E-state index in [9.17, 15) is 9.59 Å². The van der Waals surface area contributed by atoms with Crippen LogP contribution in [0, 0.1) is 12.3 Å². The average Bonchev–Trinajstić information content (AvgIpc) is 3.03. The van der Waals surface area contributed by atoms with Crippen LogP contribution in [0.3, 0.4) is 0 Å². The summed E-state index contributed by atoms with van der Waals surface area (Å²) in [4.78, 5) is 38.1. The van der Waals surface area contributed by atoms with E-state index in [1.807, 2.05) is 13.0 Å². The lowest BCUT2D eigenvalue weighted by Gasteiger charge is -2.30. The Bertz CT molecular complexity index is 1140. The monoisotopic (exact) mass is 397 g/mol. The number of Topliss-reactive ketones (excluding diaryl/α,β-unsaturated/α-hetero) is 1. The molecular weight excluding hydrogens is 374 g/mol. The lowest BCUT2D eigenvalue weighted by molar-refractivity contribution is 0.0911. The molecule has 6 nitrogen and oxygen atoms in total. The molecule has 0 atom stereocenters. The molecule has 3 aromatic rings. The van der Waals surface area contributed by atoms with Crippen LogP contribution in [0.15, 0.2) is 26.5 Å².